The molecule has 1 aliphatic rings. The Kier molecular flexibility index (Phi) is 5.31. The van der Waals surface area contributed by atoms with E-state index in [0.29, 0.717) is 0 Å². The minimum absolute atomic E-state index is 0.0421. The first-order valence-corrected chi connectivity index (χ1v) is 10.4. The van der Waals surface area contributed by atoms with Crippen molar-refractivity contribution in [3.05, 3.63) is 59.2 Å². The quantitative estimate of drug-likeness (QED) is 0.744. The van der Waals surface area contributed by atoms with E-state index in [1.165, 1.54) is 30.3 Å². The Morgan fingerprint density at radius 1 is 1.21 bits per heavy atom. The number of aliphatic hydroxyl groups is 1. The molecule has 0 amide bonds. The molecule has 0 radical (unpaired) electrons. The van der Waals surface area contributed by atoms with E-state index in [4.69, 9.17) is 4.74 Å². The van der Waals surface area contributed by atoms with Crippen LogP contribution in [0.2, 0.25) is 0 Å². The first kappa shape index (κ1) is 20.4. The third-order valence-electron chi connectivity index (χ3n) is 4.90. The van der Waals surface area contributed by atoms with Gasteiger partial charge in [-0.2, -0.15) is 4.39 Å². The van der Waals surface area contributed by atoms with Crippen LogP contribution in [-0.2, 0) is 16.4 Å². The van der Waals surface area contributed by atoms with E-state index in [1.807, 2.05) is 6.92 Å². The molecule has 0 bridgehead atoms. The summed E-state index contributed by atoms with van der Waals surface area (Å²) >= 11 is 0. The molecule has 0 saturated carbocycles. The fourth-order valence-electron chi connectivity index (χ4n) is 3.19. The molecule has 2 aromatic rings. The van der Waals surface area contributed by atoms with Crippen LogP contribution < -0.4 is 9.46 Å². The van der Waals surface area contributed by atoms with Gasteiger partial charge < -0.3 is 9.84 Å². The fourth-order valence-corrected chi connectivity index (χ4v) is 4.41. The van der Waals surface area contributed by atoms with Gasteiger partial charge in [-0.15, -0.1) is 0 Å². The van der Waals surface area contributed by atoms with Gasteiger partial charge in [0, 0.05) is 5.56 Å². The highest BCUT2D eigenvalue weighted by atomic mass is 32.2. The number of hydrogen-bond donors (Lipinski definition) is 2. The molecule has 0 spiro atoms. The van der Waals surface area contributed by atoms with Gasteiger partial charge in [0.25, 0.3) is 0 Å². The highest BCUT2D eigenvalue weighted by molar-refractivity contribution is 7.89. The third-order valence-corrected chi connectivity index (χ3v) is 6.35. The van der Waals surface area contributed by atoms with Crippen molar-refractivity contribution in [3.63, 3.8) is 0 Å². The summed E-state index contributed by atoms with van der Waals surface area (Å²) in [5.74, 6) is 0.273. The molecule has 0 saturated heterocycles. The Morgan fingerprint density at radius 2 is 1.86 bits per heavy atom. The molecule has 6 nitrogen and oxygen atoms in total. The minimum Gasteiger partial charge on any atom is -0.485 e. The second-order valence-corrected chi connectivity index (χ2v) is 8.99. The zero-order chi connectivity index (χ0) is 20.7. The maximum Gasteiger partial charge on any atom is 0.332 e. The van der Waals surface area contributed by atoms with E-state index < -0.39 is 33.8 Å². The molecule has 1 heterocycles. The van der Waals surface area contributed by atoms with Crippen molar-refractivity contribution in [1.29, 1.82) is 0 Å². The van der Waals surface area contributed by atoms with Crippen molar-refractivity contribution in [2.45, 2.75) is 49.8 Å². The molecule has 150 valence electrons. The lowest BCUT2D eigenvalue weighted by molar-refractivity contribution is -0.0603. The number of nitrogens with one attached hydrogen (secondary N) is 1. The number of ether oxygens (including phenoxy) is 1. The SMILES string of the molecule is CCc1ccc(S(=O)(=O)N[C@@H]2c3cc(C(=O)F)ccc3OC(C)(C)[C@H]2O)cc1. The Balaban J connectivity index is 2.04. The number of halogens is 1. The Morgan fingerprint density at radius 3 is 2.43 bits per heavy atom. The van der Waals surface area contributed by atoms with Crippen LogP contribution in [0.4, 0.5) is 4.39 Å². The van der Waals surface area contributed by atoms with Crippen molar-refractivity contribution in [3.8, 4) is 5.75 Å². The normalized spacial score (nSPS) is 20.9. The molecule has 2 aromatic carbocycles. The van der Waals surface area contributed by atoms with E-state index in [0.717, 1.165) is 12.0 Å². The van der Waals surface area contributed by atoms with Crippen LogP contribution in [0, 0.1) is 0 Å². The average Bonchev–Trinajstić information content (AvgIpc) is 2.65. The number of hydrogen-bond acceptors (Lipinski definition) is 5. The minimum atomic E-state index is -3.99. The molecule has 28 heavy (non-hydrogen) atoms. The van der Waals surface area contributed by atoms with Gasteiger partial charge in [-0.1, -0.05) is 19.1 Å². The molecule has 2 N–H and O–H groups in total. The summed E-state index contributed by atoms with van der Waals surface area (Å²) in [6.07, 6.45) is -0.497. The smallest absolute Gasteiger partial charge is 0.332 e. The van der Waals surface area contributed by atoms with Crippen LogP contribution in [0.1, 0.15) is 48.3 Å². The molecule has 2 atom stereocenters. The van der Waals surface area contributed by atoms with Gasteiger partial charge in [-0.05, 0) is 56.2 Å². The molecule has 0 aliphatic carbocycles. The summed E-state index contributed by atoms with van der Waals surface area (Å²) in [4.78, 5) is 11.1. The maximum absolute atomic E-state index is 13.2. The Labute approximate surface area is 163 Å². The fraction of sp³-hybridized carbons (Fsp3) is 0.350. The number of carbonyl (C=O) groups excluding carboxylic acids is 1. The highest BCUT2D eigenvalue weighted by Crippen LogP contribution is 2.41. The topological polar surface area (TPSA) is 92.7 Å². The number of carbonyl (C=O) groups is 1. The molecule has 0 unspecified atom stereocenters. The molecule has 0 fully saturated rings. The molecule has 8 heteroatoms. The van der Waals surface area contributed by atoms with Crippen LogP contribution in [0.25, 0.3) is 0 Å². The summed E-state index contributed by atoms with van der Waals surface area (Å²) in [5.41, 5.74) is -0.162. The number of fused-ring (bicyclic) bond motifs is 1. The van der Waals surface area contributed by atoms with Crippen molar-refractivity contribution in [2.24, 2.45) is 0 Å². The third kappa shape index (κ3) is 3.80. The first-order valence-electron chi connectivity index (χ1n) is 8.87. The van der Waals surface area contributed by atoms with E-state index in [9.17, 15) is 22.7 Å². The highest BCUT2D eigenvalue weighted by Gasteiger charge is 2.44. The number of aliphatic hydroxyl groups excluding tert-OH is 1. The number of benzene rings is 2. The van der Waals surface area contributed by atoms with Crippen molar-refractivity contribution < 1.29 is 27.4 Å². The zero-order valence-corrected chi connectivity index (χ0v) is 16.6. The molecule has 3 rings (SSSR count). The van der Waals surface area contributed by atoms with Gasteiger partial charge in [0.2, 0.25) is 10.0 Å². The summed E-state index contributed by atoms with van der Waals surface area (Å²) in [6, 6.07) is 7.48. The lowest BCUT2D eigenvalue weighted by Crippen LogP contribution is -2.53. The summed E-state index contributed by atoms with van der Waals surface area (Å²) in [7, 11) is -3.99. The molecular weight excluding hydrogens is 385 g/mol. The van der Waals surface area contributed by atoms with Crippen molar-refractivity contribution >= 4 is 16.1 Å². The average molecular weight is 407 g/mol. The van der Waals surface area contributed by atoms with Crippen LogP contribution in [0.15, 0.2) is 47.4 Å². The molecule has 1 aliphatic heterocycles. The second kappa shape index (κ2) is 7.27. The van der Waals surface area contributed by atoms with Gasteiger partial charge in [0.1, 0.15) is 17.5 Å². The van der Waals surface area contributed by atoms with E-state index in [2.05, 4.69) is 4.72 Å². The number of aryl methyl sites for hydroxylation is 1. The Bertz CT molecular complexity index is 1000. The monoisotopic (exact) mass is 407 g/mol. The van der Waals surface area contributed by atoms with E-state index in [-0.39, 0.29) is 21.8 Å². The summed E-state index contributed by atoms with van der Waals surface area (Å²) in [6.45, 7) is 5.20. The number of rotatable bonds is 5. The van der Waals surface area contributed by atoms with E-state index in [1.54, 1.807) is 26.0 Å². The summed E-state index contributed by atoms with van der Waals surface area (Å²) in [5, 5.41) is 10.7. The lowest BCUT2D eigenvalue weighted by atomic mass is 9.86. The van der Waals surface area contributed by atoms with Gasteiger partial charge in [-0.3, -0.25) is 4.79 Å². The van der Waals surface area contributed by atoms with Crippen LogP contribution >= 0.6 is 0 Å². The number of sulfonamides is 1. The van der Waals surface area contributed by atoms with Gasteiger partial charge >= 0.3 is 6.04 Å². The van der Waals surface area contributed by atoms with Crippen LogP contribution in [-0.4, -0.2) is 31.3 Å². The van der Waals surface area contributed by atoms with Gasteiger partial charge in [-0.25, -0.2) is 13.1 Å². The molecular formula is C20H22FNO5S. The molecule has 0 aromatic heterocycles. The zero-order valence-electron chi connectivity index (χ0n) is 15.8. The van der Waals surface area contributed by atoms with E-state index >= 15 is 0 Å². The largest absolute Gasteiger partial charge is 0.485 e. The summed E-state index contributed by atoms with van der Waals surface area (Å²) < 4.78 is 47.1. The predicted octanol–water partition coefficient (Wildman–Crippen LogP) is 2.91. The van der Waals surface area contributed by atoms with Crippen molar-refractivity contribution in [1.82, 2.24) is 4.72 Å². The first-order chi connectivity index (χ1) is 13.0. The second-order valence-electron chi connectivity index (χ2n) is 7.27. The van der Waals surface area contributed by atoms with Gasteiger partial charge in [0.05, 0.1) is 16.5 Å². The Hall–Kier alpha value is -2.29. The van der Waals surface area contributed by atoms with Crippen LogP contribution in [0.5, 0.6) is 5.75 Å². The van der Waals surface area contributed by atoms with Gasteiger partial charge in [0.15, 0.2) is 0 Å². The standard InChI is InChI=1S/C20H22FNO5S/c1-4-12-5-8-14(9-6-12)28(25,26)22-17-15-11-13(19(21)24)7-10-16(15)27-20(2,3)18(17)23/h5-11,17-18,22-23H,4H2,1-3H3/t17-,18+/m1/s1. The predicted molar refractivity (Wildman–Crippen MR) is 101 cm³/mol. The maximum atomic E-state index is 13.2. The lowest BCUT2D eigenvalue weighted by Gasteiger charge is -2.42. The van der Waals surface area contributed by atoms with Crippen LogP contribution in [0.3, 0.4) is 0 Å². The van der Waals surface area contributed by atoms with Crippen molar-refractivity contribution in [2.75, 3.05) is 0 Å².